The molecule has 2 N–H and O–H groups in total. The van der Waals surface area contributed by atoms with E-state index in [0.29, 0.717) is 18.5 Å². The second-order valence-electron chi connectivity index (χ2n) is 5.37. The van der Waals surface area contributed by atoms with Crippen LogP contribution in [0.25, 0.3) is 0 Å². The van der Waals surface area contributed by atoms with Gasteiger partial charge < -0.3 is 10.4 Å². The highest BCUT2D eigenvalue weighted by Crippen LogP contribution is 2.08. The maximum Gasteiger partial charge on any atom is 0.335 e. The van der Waals surface area contributed by atoms with Gasteiger partial charge in [-0.2, -0.15) is 5.10 Å². The van der Waals surface area contributed by atoms with Crippen molar-refractivity contribution in [3.05, 3.63) is 52.8 Å². The zero-order valence-corrected chi connectivity index (χ0v) is 13.4. The van der Waals surface area contributed by atoms with Crippen molar-refractivity contribution in [3.63, 3.8) is 0 Å². The minimum Gasteiger partial charge on any atom is -0.478 e. The lowest BCUT2D eigenvalue weighted by Crippen LogP contribution is -2.26. The Labute approximate surface area is 135 Å². The molecule has 1 heterocycles. The first-order chi connectivity index (χ1) is 11.0. The van der Waals surface area contributed by atoms with Crippen molar-refractivity contribution >= 4 is 11.9 Å². The number of rotatable bonds is 7. The van der Waals surface area contributed by atoms with Crippen LogP contribution >= 0.6 is 0 Å². The van der Waals surface area contributed by atoms with Crippen molar-refractivity contribution in [2.45, 2.75) is 33.2 Å². The van der Waals surface area contributed by atoms with E-state index in [0.717, 1.165) is 24.2 Å². The highest BCUT2D eigenvalue weighted by atomic mass is 16.4. The molecule has 0 aliphatic carbocycles. The smallest absolute Gasteiger partial charge is 0.335 e. The lowest BCUT2D eigenvalue weighted by atomic mass is 10.1. The molecule has 1 amide bonds. The number of aryl methyl sites for hydroxylation is 1. The number of carbonyl (C=O) groups is 2. The van der Waals surface area contributed by atoms with Gasteiger partial charge in [0.2, 0.25) is 0 Å². The maximum absolute atomic E-state index is 12.2. The predicted molar refractivity (Wildman–Crippen MR) is 86.7 cm³/mol. The first kappa shape index (κ1) is 16.7. The molecule has 6 nitrogen and oxygen atoms in total. The standard InChI is InChI=1S/C17H21N3O3/c1-3-10-20-12(2)15(11-19-20)16(21)18-9-8-13-4-6-14(7-5-13)17(22)23/h4-7,11H,3,8-10H2,1-2H3,(H,18,21)(H,22,23). The van der Waals surface area contributed by atoms with Crippen molar-refractivity contribution in [2.75, 3.05) is 6.54 Å². The second-order valence-corrected chi connectivity index (χ2v) is 5.37. The highest BCUT2D eigenvalue weighted by molar-refractivity contribution is 5.95. The largest absolute Gasteiger partial charge is 0.478 e. The van der Waals surface area contributed by atoms with E-state index >= 15 is 0 Å². The molecule has 0 radical (unpaired) electrons. The molecular formula is C17H21N3O3. The van der Waals surface area contributed by atoms with Crippen molar-refractivity contribution in [1.82, 2.24) is 15.1 Å². The molecule has 0 fully saturated rings. The Morgan fingerprint density at radius 3 is 2.57 bits per heavy atom. The summed E-state index contributed by atoms with van der Waals surface area (Å²) < 4.78 is 1.83. The van der Waals surface area contributed by atoms with Gasteiger partial charge in [0.25, 0.3) is 5.91 Å². The van der Waals surface area contributed by atoms with Crippen LogP contribution in [0.1, 0.15) is 45.3 Å². The number of aromatic carboxylic acids is 1. The van der Waals surface area contributed by atoms with Crippen LogP contribution in [0, 0.1) is 6.92 Å². The van der Waals surface area contributed by atoms with Crippen LogP contribution in [-0.4, -0.2) is 33.3 Å². The molecule has 1 aromatic heterocycles. The summed E-state index contributed by atoms with van der Waals surface area (Å²) in [4.78, 5) is 23.0. The molecule has 0 saturated heterocycles. The number of carboxylic acids is 1. The number of benzene rings is 1. The summed E-state index contributed by atoms with van der Waals surface area (Å²) in [6, 6.07) is 6.66. The van der Waals surface area contributed by atoms with Gasteiger partial charge in [-0.3, -0.25) is 9.48 Å². The van der Waals surface area contributed by atoms with Crippen LogP contribution in [0.15, 0.2) is 30.5 Å². The zero-order chi connectivity index (χ0) is 16.8. The number of nitrogens with one attached hydrogen (secondary N) is 1. The molecule has 23 heavy (non-hydrogen) atoms. The van der Waals surface area contributed by atoms with Crippen LogP contribution in [0.2, 0.25) is 0 Å². The van der Waals surface area contributed by atoms with Crippen LogP contribution in [-0.2, 0) is 13.0 Å². The van der Waals surface area contributed by atoms with Gasteiger partial charge in [0.15, 0.2) is 0 Å². The van der Waals surface area contributed by atoms with Crippen molar-refractivity contribution in [2.24, 2.45) is 0 Å². The molecule has 0 atom stereocenters. The molecule has 0 saturated carbocycles. The number of nitrogens with zero attached hydrogens (tertiary/aromatic N) is 2. The minimum absolute atomic E-state index is 0.132. The number of carboxylic acid groups (broad SMARTS) is 1. The van der Waals surface area contributed by atoms with Crippen molar-refractivity contribution in [1.29, 1.82) is 0 Å². The lowest BCUT2D eigenvalue weighted by molar-refractivity contribution is 0.0696. The van der Waals surface area contributed by atoms with Gasteiger partial charge in [0.1, 0.15) is 0 Å². The van der Waals surface area contributed by atoms with Gasteiger partial charge in [-0.15, -0.1) is 0 Å². The van der Waals surface area contributed by atoms with Crippen LogP contribution < -0.4 is 5.32 Å². The summed E-state index contributed by atoms with van der Waals surface area (Å²) in [5, 5.41) is 15.9. The van der Waals surface area contributed by atoms with Crippen LogP contribution in [0.3, 0.4) is 0 Å². The summed E-state index contributed by atoms with van der Waals surface area (Å²) >= 11 is 0. The molecule has 0 aliphatic rings. The number of carbonyl (C=O) groups excluding carboxylic acids is 1. The normalized spacial score (nSPS) is 10.5. The average Bonchev–Trinajstić information content (AvgIpc) is 2.89. The molecule has 2 aromatic rings. The van der Waals surface area contributed by atoms with Crippen molar-refractivity contribution in [3.8, 4) is 0 Å². The van der Waals surface area contributed by atoms with Gasteiger partial charge in [-0.05, 0) is 37.5 Å². The number of hydrogen-bond donors (Lipinski definition) is 2. The van der Waals surface area contributed by atoms with Gasteiger partial charge >= 0.3 is 5.97 Å². The molecule has 0 spiro atoms. The first-order valence-corrected chi connectivity index (χ1v) is 7.65. The van der Waals surface area contributed by atoms with Gasteiger partial charge in [0.05, 0.1) is 17.3 Å². The van der Waals surface area contributed by atoms with E-state index in [1.165, 1.54) is 0 Å². The monoisotopic (exact) mass is 315 g/mol. The highest BCUT2D eigenvalue weighted by Gasteiger charge is 2.13. The fourth-order valence-electron chi connectivity index (χ4n) is 2.34. The Morgan fingerprint density at radius 1 is 1.26 bits per heavy atom. The van der Waals surface area contributed by atoms with Gasteiger partial charge in [-0.1, -0.05) is 19.1 Å². The Kier molecular flexibility index (Phi) is 5.51. The quantitative estimate of drug-likeness (QED) is 0.821. The summed E-state index contributed by atoms with van der Waals surface area (Å²) in [7, 11) is 0. The second kappa shape index (κ2) is 7.58. The molecular weight excluding hydrogens is 294 g/mol. The van der Waals surface area contributed by atoms with Crippen LogP contribution in [0.5, 0.6) is 0 Å². The third-order valence-electron chi connectivity index (χ3n) is 3.68. The number of amides is 1. The number of hydrogen-bond acceptors (Lipinski definition) is 3. The van der Waals surface area contributed by atoms with E-state index in [9.17, 15) is 9.59 Å². The molecule has 2 rings (SSSR count). The third kappa shape index (κ3) is 4.18. The summed E-state index contributed by atoms with van der Waals surface area (Å²) in [5.74, 6) is -1.07. The molecule has 1 aromatic carbocycles. The molecule has 0 bridgehead atoms. The molecule has 122 valence electrons. The summed E-state index contributed by atoms with van der Waals surface area (Å²) in [6.07, 6.45) is 3.21. The minimum atomic E-state index is -0.940. The van der Waals surface area contributed by atoms with Gasteiger partial charge in [0, 0.05) is 18.8 Å². The van der Waals surface area contributed by atoms with E-state index in [2.05, 4.69) is 17.3 Å². The fraction of sp³-hybridized carbons (Fsp3) is 0.353. The Balaban J connectivity index is 1.88. The topological polar surface area (TPSA) is 84.2 Å². The first-order valence-electron chi connectivity index (χ1n) is 7.65. The molecule has 6 heteroatoms. The molecule has 0 aliphatic heterocycles. The lowest BCUT2D eigenvalue weighted by Gasteiger charge is -2.06. The van der Waals surface area contributed by atoms with E-state index in [-0.39, 0.29) is 11.5 Å². The van der Waals surface area contributed by atoms with E-state index < -0.39 is 5.97 Å². The number of aromatic nitrogens is 2. The van der Waals surface area contributed by atoms with Crippen molar-refractivity contribution < 1.29 is 14.7 Å². The maximum atomic E-state index is 12.2. The molecule has 0 unspecified atom stereocenters. The average molecular weight is 315 g/mol. The van der Waals surface area contributed by atoms with E-state index in [1.54, 1.807) is 30.5 Å². The Bertz CT molecular complexity index is 690. The Hall–Kier alpha value is -2.63. The van der Waals surface area contributed by atoms with Gasteiger partial charge in [-0.25, -0.2) is 4.79 Å². The van der Waals surface area contributed by atoms with E-state index in [1.807, 2.05) is 11.6 Å². The summed E-state index contributed by atoms with van der Waals surface area (Å²) in [5.41, 5.74) is 2.71. The van der Waals surface area contributed by atoms with E-state index in [4.69, 9.17) is 5.11 Å². The fourth-order valence-corrected chi connectivity index (χ4v) is 2.34. The van der Waals surface area contributed by atoms with Crippen LogP contribution in [0.4, 0.5) is 0 Å². The third-order valence-corrected chi connectivity index (χ3v) is 3.68. The zero-order valence-electron chi connectivity index (χ0n) is 13.4. The summed E-state index contributed by atoms with van der Waals surface area (Å²) in [6.45, 7) is 5.25. The Morgan fingerprint density at radius 2 is 1.96 bits per heavy atom. The predicted octanol–water partition coefficient (Wildman–Crippen LogP) is 2.27. The SMILES string of the molecule is CCCn1ncc(C(=O)NCCc2ccc(C(=O)O)cc2)c1C.